The predicted molar refractivity (Wildman–Crippen MR) is 143 cm³/mol. The molecule has 0 spiro atoms. The summed E-state index contributed by atoms with van der Waals surface area (Å²) in [6.45, 7) is 0. The highest BCUT2D eigenvalue weighted by atomic mass is 35.5. The summed E-state index contributed by atoms with van der Waals surface area (Å²) in [6, 6.07) is 31.3. The topological polar surface area (TPSA) is 60.7 Å². The molecule has 178 valence electrons. The van der Waals surface area contributed by atoms with Gasteiger partial charge in [-0.2, -0.15) is 0 Å². The molecule has 0 saturated heterocycles. The van der Waals surface area contributed by atoms with Gasteiger partial charge < -0.3 is 15.3 Å². The highest BCUT2D eigenvalue weighted by molar-refractivity contribution is 6.31. The SMILES string of the molecule is OC(C#C[C@](O)(c1ccccc1)c1ccccc1Cl)C#C[C@](O)(c1ccccc1)c1ccccc1Cl. The number of hydrogen-bond acceptors (Lipinski definition) is 3. The van der Waals surface area contributed by atoms with E-state index < -0.39 is 17.3 Å². The summed E-state index contributed by atoms with van der Waals surface area (Å²) in [4.78, 5) is 0. The Morgan fingerprint density at radius 1 is 0.528 bits per heavy atom. The van der Waals surface area contributed by atoms with Crippen LogP contribution in [0.25, 0.3) is 0 Å². The zero-order valence-corrected chi connectivity index (χ0v) is 20.6. The molecule has 0 radical (unpaired) electrons. The molecular weight excluding hydrogens is 491 g/mol. The smallest absolute Gasteiger partial charge is 0.178 e. The van der Waals surface area contributed by atoms with E-state index in [1.807, 2.05) is 12.1 Å². The number of halogens is 2. The van der Waals surface area contributed by atoms with Crippen LogP contribution < -0.4 is 0 Å². The first-order valence-corrected chi connectivity index (χ1v) is 11.9. The van der Waals surface area contributed by atoms with E-state index in [2.05, 4.69) is 23.7 Å². The van der Waals surface area contributed by atoms with Crippen molar-refractivity contribution in [1.29, 1.82) is 0 Å². The first-order valence-electron chi connectivity index (χ1n) is 11.1. The van der Waals surface area contributed by atoms with E-state index >= 15 is 0 Å². The highest BCUT2D eigenvalue weighted by Crippen LogP contribution is 2.35. The van der Waals surface area contributed by atoms with Crippen molar-refractivity contribution in [3.05, 3.63) is 141 Å². The summed E-state index contributed by atoms with van der Waals surface area (Å²) in [5.41, 5.74) is -1.85. The molecule has 0 heterocycles. The Morgan fingerprint density at radius 3 is 1.22 bits per heavy atom. The lowest BCUT2D eigenvalue weighted by molar-refractivity contribution is 0.144. The standard InChI is InChI=1S/C31H22Cl2O3/c32-28-17-9-7-15-26(28)30(35,23-11-3-1-4-12-23)21-19-25(34)20-22-31(36,24-13-5-2-6-14-24)27-16-8-10-18-29(27)33/h1-18,25,34-36H/t30-,31-/m0/s1. The molecular formula is C31H22Cl2O3. The zero-order valence-electron chi connectivity index (χ0n) is 19.1. The number of hydrogen-bond donors (Lipinski definition) is 3. The Morgan fingerprint density at radius 2 is 0.861 bits per heavy atom. The maximum Gasteiger partial charge on any atom is 0.178 e. The van der Waals surface area contributed by atoms with Crippen LogP contribution in [0.4, 0.5) is 0 Å². The van der Waals surface area contributed by atoms with Crippen molar-refractivity contribution < 1.29 is 15.3 Å². The summed E-state index contributed by atoms with van der Waals surface area (Å²) in [6.07, 6.45) is -1.49. The van der Waals surface area contributed by atoms with Crippen molar-refractivity contribution in [2.75, 3.05) is 0 Å². The van der Waals surface area contributed by atoms with Gasteiger partial charge in [-0.1, -0.05) is 144 Å². The Labute approximate surface area is 220 Å². The lowest BCUT2D eigenvalue weighted by Gasteiger charge is -2.25. The number of rotatable bonds is 4. The van der Waals surface area contributed by atoms with Gasteiger partial charge in [0.1, 0.15) is 0 Å². The van der Waals surface area contributed by atoms with E-state index in [0.29, 0.717) is 32.3 Å². The van der Waals surface area contributed by atoms with Gasteiger partial charge in [0.15, 0.2) is 17.3 Å². The average molecular weight is 513 g/mol. The molecule has 4 aromatic rings. The van der Waals surface area contributed by atoms with E-state index in [1.165, 1.54) is 0 Å². The fraction of sp³-hybridized carbons (Fsp3) is 0.0968. The molecule has 5 heteroatoms. The molecule has 3 N–H and O–H groups in total. The van der Waals surface area contributed by atoms with Gasteiger partial charge in [-0.05, 0) is 12.1 Å². The number of benzene rings is 4. The molecule has 4 rings (SSSR count). The van der Waals surface area contributed by atoms with Crippen molar-refractivity contribution in [2.45, 2.75) is 17.3 Å². The van der Waals surface area contributed by atoms with Crippen LogP contribution in [0.1, 0.15) is 22.3 Å². The average Bonchev–Trinajstić information content (AvgIpc) is 2.92. The monoisotopic (exact) mass is 512 g/mol. The summed E-state index contributed by atoms with van der Waals surface area (Å²) < 4.78 is 0. The zero-order chi connectivity index (χ0) is 25.6. The Balaban J connectivity index is 1.76. The van der Waals surface area contributed by atoms with Gasteiger partial charge in [0, 0.05) is 32.3 Å². The van der Waals surface area contributed by atoms with Crippen LogP contribution in [-0.4, -0.2) is 21.4 Å². The maximum absolute atomic E-state index is 11.6. The van der Waals surface area contributed by atoms with Crippen LogP contribution in [0.5, 0.6) is 0 Å². The molecule has 2 atom stereocenters. The Bertz CT molecular complexity index is 1350. The third-order valence-corrected chi connectivity index (χ3v) is 6.35. The van der Waals surface area contributed by atoms with Crippen molar-refractivity contribution in [3.63, 3.8) is 0 Å². The van der Waals surface area contributed by atoms with Crippen LogP contribution in [0.3, 0.4) is 0 Å². The lowest BCUT2D eigenvalue weighted by Crippen LogP contribution is -2.27. The highest BCUT2D eigenvalue weighted by Gasteiger charge is 2.33. The van der Waals surface area contributed by atoms with Crippen LogP contribution in [0.2, 0.25) is 10.0 Å². The van der Waals surface area contributed by atoms with Gasteiger partial charge in [0.2, 0.25) is 0 Å². The fourth-order valence-electron chi connectivity index (χ4n) is 3.84. The minimum absolute atomic E-state index is 0.330. The summed E-state index contributed by atoms with van der Waals surface area (Å²) >= 11 is 12.8. The van der Waals surface area contributed by atoms with Crippen LogP contribution in [0.15, 0.2) is 109 Å². The van der Waals surface area contributed by atoms with Crippen molar-refractivity contribution in [2.24, 2.45) is 0 Å². The summed E-state index contributed by atoms with van der Waals surface area (Å²) in [5.74, 6) is 10.7. The lowest BCUT2D eigenvalue weighted by atomic mass is 9.86. The second kappa shape index (κ2) is 11.0. The van der Waals surface area contributed by atoms with E-state index in [-0.39, 0.29) is 0 Å². The van der Waals surface area contributed by atoms with Gasteiger partial charge in [-0.3, -0.25) is 0 Å². The molecule has 4 aromatic carbocycles. The fourth-order valence-corrected chi connectivity index (χ4v) is 4.38. The van der Waals surface area contributed by atoms with Gasteiger partial charge in [-0.25, -0.2) is 0 Å². The molecule has 0 saturated carbocycles. The largest absolute Gasteiger partial charge is 0.369 e. The van der Waals surface area contributed by atoms with Gasteiger partial charge in [0.25, 0.3) is 0 Å². The summed E-state index contributed by atoms with van der Waals surface area (Å²) in [7, 11) is 0. The third-order valence-electron chi connectivity index (χ3n) is 5.69. The molecule has 0 fully saturated rings. The Hall–Kier alpha value is -3.54. The molecule has 0 aromatic heterocycles. The first-order chi connectivity index (χ1) is 17.3. The quantitative estimate of drug-likeness (QED) is 0.315. The molecule has 0 aliphatic heterocycles. The van der Waals surface area contributed by atoms with E-state index in [9.17, 15) is 15.3 Å². The minimum Gasteiger partial charge on any atom is -0.369 e. The first kappa shape index (κ1) is 25.5. The van der Waals surface area contributed by atoms with E-state index in [1.54, 1.807) is 97.1 Å². The minimum atomic E-state index is -1.79. The Kier molecular flexibility index (Phi) is 7.82. The van der Waals surface area contributed by atoms with E-state index in [0.717, 1.165) is 0 Å². The van der Waals surface area contributed by atoms with Crippen molar-refractivity contribution in [3.8, 4) is 23.7 Å². The predicted octanol–water partition coefficient (Wildman–Crippen LogP) is 5.53. The van der Waals surface area contributed by atoms with Crippen molar-refractivity contribution >= 4 is 23.2 Å². The van der Waals surface area contributed by atoms with Gasteiger partial charge in [0.05, 0.1) is 0 Å². The molecule has 36 heavy (non-hydrogen) atoms. The number of aliphatic hydroxyl groups excluding tert-OH is 1. The van der Waals surface area contributed by atoms with E-state index in [4.69, 9.17) is 23.2 Å². The summed E-state index contributed by atoms with van der Waals surface area (Å²) in [5, 5.41) is 34.6. The maximum atomic E-state index is 11.6. The van der Waals surface area contributed by atoms with Gasteiger partial charge >= 0.3 is 0 Å². The molecule has 0 unspecified atom stereocenters. The molecule has 0 bridgehead atoms. The van der Waals surface area contributed by atoms with Crippen molar-refractivity contribution in [1.82, 2.24) is 0 Å². The number of aliphatic hydroxyl groups is 3. The third kappa shape index (κ3) is 5.32. The van der Waals surface area contributed by atoms with Crippen LogP contribution in [0, 0.1) is 23.7 Å². The molecule has 0 aliphatic carbocycles. The molecule has 3 nitrogen and oxygen atoms in total. The second-order valence-corrected chi connectivity index (χ2v) is 8.87. The molecule has 0 aliphatic rings. The van der Waals surface area contributed by atoms with Crippen LogP contribution in [-0.2, 0) is 11.2 Å². The molecule has 0 amide bonds. The van der Waals surface area contributed by atoms with Gasteiger partial charge in [-0.15, -0.1) is 0 Å². The normalized spacial score (nSPS) is 13.9. The van der Waals surface area contributed by atoms with Crippen LogP contribution >= 0.6 is 23.2 Å². The second-order valence-electron chi connectivity index (χ2n) is 8.05.